The molecule has 2 unspecified atom stereocenters. The van der Waals surface area contributed by atoms with Gasteiger partial charge >= 0.3 is 5.97 Å². The van der Waals surface area contributed by atoms with Crippen molar-refractivity contribution in [1.82, 2.24) is 4.90 Å². The van der Waals surface area contributed by atoms with E-state index in [9.17, 15) is 4.79 Å². The largest absolute Gasteiger partial charge is 0.481 e. The van der Waals surface area contributed by atoms with Crippen molar-refractivity contribution in [2.45, 2.75) is 25.8 Å². The molecule has 4 heteroatoms. The first-order valence-electron chi connectivity index (χ1n) is 6.21. The fraction of sp³-hybridized carbons (Fsp3) is 0.500. The average Bonchev–Trinajstić information content (AvgIpc) is 2.74. The van der Waals surface area contributed by atoms with Crippen LogP contribution in [0.25, 0.3) is 0 Å². The molecule has 1 N–H and O–H groups in total. The lowest BCUT2D eigenvalue weighted by Gasteiger charge is -2.26. The second-order valence-electron chi connectivity index (χ2n) is 5.04. The summed E-state index contributed by atoms with van der Waals surface area (Å²) in [5.41, 5.74) is 2.47. The van der Waals surface area contributed by atoms with Crippen molar-refractivity contribution in [3.8, 4) is 0 Å². The van der Waals surface area contributed by atoms with Crippen LogP contribution in [0.3, 0.4) is 0 Å². The number of halogens is 1. The SMILES string of the molecule is CC(CN(C)C1CCc2c(Cl)cccc21)C(=O)O. The number of carboxylic acid groups (broad SMARTS) is 1. The molecule has 0 saturated carbocycles. The van der Waals surface area contributed by atoms with Gasteiger partial charge in [0, 0.05) is 17.6 Å². The molecule has 0 spiro atoms. The lowest BCUT2D eigenvalue weighted by Crippen LogP contribution is -2.31. The third kappa shape index (κ3) is 2.52. The molecule has 2 atom stereocenters. The zero-order chi connectivity index (χ0) is 13.3. The Morgan fingerprint density at radius 3 is 3.00 bits per heavy atom. The van der Waals surface area contributed by atoms with E-state index in [1.807, 2.05) is 19.2 Å². The predicted octanol–water partition coefficient (Wildman–Crippen LogP) is 2.98. The predicted molar refractivity (Wildman–Crippen MR) is 71.9 cm³/mol. The van der Waals surface area contributed by atoms with Gasteiger partial charge in [0.2, 0.25) is 0 Å². The zero-order valence-electron chi connectivity index (χ0n) is 10.7. The molecule has 98 valence electrons. The third-order valence-electron chi connectivity index (χ3n) is 3.70. The number of carbonyl (C=O) groups is 1. The Bertz CT molecular complexity index is 461. The number of carboxylic acids is 1. The number of fused-ring (bicyclic) bond motifs is 1. The summed E-state index contributed by atoms with van der Waals surface area (Å²) in [6.45, 7) is 2.30. The van der Waals surface area contributed by atoms with Crippen molar-refractivity contribution in [2.75, 3.05) is 13.6 Å². The van der Waals surface area contributed by atoms with Gasteiger partial charge in [-0.25, -0.2) is 0 Å². The van der Waals surface area contributed by atoms with E-state index in [1.165, 1.54) is 11.1 Å². The summed E-state index contributed by atoms with van der Waals surface area (Å²) >= 11 is 6.18. The van der Waals surface area contributed by atoms with E-state index in [0.29, 0.717) is 12.6 Å². The molecule has 0 saturated heterocycles. The van der Waals surface area contributed by atoms with E-state index in [2.05, 4.69) is 11.0 Å². The Balaban J connectivity index is 2.13. The third-order valence-corrected chi connectivity index (χ3v) is 4.05. The molecule has 1 aliphatic rings. The molecule has 1 aromatic carbocycles. The second-order valence-corrected chi connectivity index (χ2v) is 5.45. The lowest BCUT2D eigenvalue weighted by molar-refractivity contribution is -0.141. The molecule has 2 rings (SSSR count). The van der Waals surface area contributed by atoms with Crippen LogP contribution in [0.4, 0.5) is 0 Å². The maximum absolute atomic E-state index is 10.9. The minimum atomic E-state index is -0.744. The topological polar surface area (TPSA) is 40.5 Å². The van der Waals surface area contributed by atoms with Crippen LogP contribution >= 0.6 is 11.6 Å². The summed E-state index contributed by atoms with van der Waals surface area (Å²) in [5.74, 6) is -1.09. The summed E-state index contributed by atoms with van der Waals surface area (Å²) in [6, 6.07) is 6.28. The van der Waals surface area contributed by atoms with Crippen molar-refractivity contribution in [3.05, 3.63) is 34.3 Å². The normalized spacial score (nSPS) is 19.9. The number of nitrogens with zero attached hydrogens (tertiary/aromatic N) is 1. The fourth-order valence-corrected chi connectivity index (χ4v) is 2.96. The van der Waals surface area contributed by atoms with Crippen molar-refractivity contribution in [3.63, 3.8) is 0 Å². The molecule has 18 heavy (non-hydrogen) atoms. The average molecular weight is 268 g/mol. The molecule has 0 heterocycles. The first-order chi connectivity index (χ1) is 8.50. The first-order valence-corrected chi connectivity index (χ1v) is 6.59. The van der Waals surface area contributed by atoms with E-state index < -0.39 is 5.97 Å². The highest BCUT2D eigenvalue weighted by Gasteiger charge is 2.28. The minimum absolute atomic E-state index is 0.292. The van der Waals surface area contributed by atoms with Gasteiger partial charge in [-0.3, -0.25) is 9.69 Å². The number of hydrogen-bond donors (Lipinski definition) is 1. The number of aliphatic carboxylic acids is 1. The fourth-order valence-electron chi connectivity index (χ4n) is 2.68. The van der Waals surface area contributed by atoms with E-state index in [-0.39, 0.29) is 5.92 Å². The molecule has 3 nitrogen and oxygen atoms in total. The van der Waals surface area contributed by atoms with Crippen molar-refractivity contribution in [1.29, 1.82) is 0 Å². The van der Waals surface area contributed by atoms with Crippen molar-refractivity contribution < 1.29 is 9.90 Å². The quantitative estimate of drug-likeness (QED) is 0.912. The molecule has 1 aliphatic carbocycles. The maximum atomic E-state index is 10.9. The van der Waals surface area contributed by atoms with Gasteiger partial charge in [0.1, 0.15) is 0 Å². The molecule has 0 amide bonds. The summed E-state index contributed by atoms with van der Waals surface area (Å²) in [4.78, 5) is 13.0. The van der Waals surface area contributed by atoms with Gasteiger partial charge in [0.25, 0.3) is 0 Å². The minimum Gasteiger partial charge on any atom is -0.481 e. The van der Waals surface area contributed by atoms with E-state index in [4.69, 9.17) is 16.7 Å². The van der Waals surface area contributed by atoms with Gasteiger partial charge in [0.15, 0.2) is 0 Å². The van der Waals surface area contributed by atoms with Crippen LogP contribution in [0.2, 0.25) is 5.02 Å². The van der Waals surface area contributed by atoms with E-state index in [1.54, 1.807) is 6.92 Å². The number of hydrogen-bond acceptors (Lipinski definition) is 2. The molecule has 0 aromatic heterocycles. The van der Waals surface area contributed by atoms with Gasteiger partial charge < -0.3 is 5.11 Å². The molecule has 0 radical (unpaired) electrons. The van der Waals surface area contributed by atoms with Crippen LogP contribution in [-0.2, 0) is 11.2 Å². The highest BCUT2D eigenvalue weighted by atomic mass is 35.5. The monoisotopic (exact) mass is 267 g/mol. The van der Waals surface area contributed by atoms with Crippen LogP contribution < -0.4 is 0 Å². The van der Waals surface area contributed by atoms with Crippen LogP contribution in [0.1, 0.15) is 30.5 Å². The van der Waals surface area contributed by atoms with Gasteiger partial charge in [0.05, 0.1) is 5.92 Å². The summed E-state index contributed by atoms with van der Waals surface area (Å²) in [6.07, 6.45) is 1.99. The lowest BCUT2D eigenvalue weighted by atomic mass is 10.1. The van der Waals surface area contributed by atoms with Crippen LogP contribution in [0.15, 0.2) is 18.2 Å². The van der Waals surface area contributed by atoms with Crippen LogP contribution in [0, 0.1) is 5.92 Å². The zero-order valence-corrected chi connectivity index (χ0v) is 11.4. The summed E-state index contributed by atoms with van der Waals surface area (Å²) in [5, 5.41) is 9.79. The molecule has 0 aliphatic heterocycles. The Hall–Kier alpha value is -1.06. The highest BCUT2D eigenvalue weighted by molar-refractivity contribution is 6.31. The molecule has 0 bridgehead atoms. The smallest absolute Gasteiger partial charge is 0.307 e. The van der Waals surface area contributed by atoms with Gasteiger partial charge in [-0.1, -0.05) is 30.7 Å². The molecular weight excluding hydrogens is 250 g/mol. The summed E-state index contributed by atoms with van der Waals surface area (Å²) in [7, 11) is 1.99. The Morgan fingerprint density at radius 2 is 2.33 bits per heavy atom. The standard InChI is InChI=1S/C14H18ClNO2/c1-9(14(17)18)8-16(2)13-7-6-10-11(13)4-3-5-12(10)15/h3-5,9,13H,6-8H2,1-2H3,(H,17,18). The van der Waals surface area contributed by atoms with Crippen molar-refractivity contribution in [2.24, 2.45) is 5.92 Å². The molecular formula is C14H18ClNO2. The van der Waals surface area contributed by atoms with Gasteiger partial charge in [-0.15, -0.1) is 0 Å². The Kier molecular flexibility index (Phi) is 3.93. The summed E-state index contributed by atoms with van der Waals surface area (Å²) < 4.78 is 0. The first kappa shape index (κ1) is 13.4. The number of benzene rings is 1. The van der Waals surface area contributed by atoms with E-state index in [0.717, 1.165) is 17.9 Å². The van der Waals surface area contributed by atoms with Crippen molar-refractivity contribution >= 4 is 17.6 Å². The molecule has 0 fully saturated rings. The Labute approximate surface area is 112 Å². The second kappa shape index (κ2) is 5.29. The Morgan fingerprint density at radius 1 is 1.61 bits per heavy atom. The highest BCUT2D eigenvalue weighted by Crippen LogP contribution is 2.38. The van der Waals surface area contributed by atoms with Gasteiger partial charge in [-0.05, 0) is 37.1 Å². The van der Waals surface area contributed by atoms with Crippen LogP contribution in [-0.4, -0.2) is 29.6 Å². The van der Waals surface area contributed by atoms with E-state index >= 15 is 0 Å². The molecule has 1 aromatic rings. The van der Waals surface area contributed by atoms with Crippen LogP contribution in [0.5, 0.6) is 0 Å². The van der Waals surface area contributed by atoms with Gasteiger partial charge in [-0.2, -0.15) is 0 Å². The number of rotatable bonds is 4. The maximum Gasteiger partial charge on any atom is 0.307 e.